The number of benzene rings is 2. The molecule has 2 N–H and O–H groups in total. The van der Waals surface area contributed by atoms with Gasteiger partial charge in [-0.15, -0.1) is 6.58 Å². The van der Waals surface area contributed by atoms with E-state index in [9.17, 15) is 26.4 Å². The molecule has 0 bridgehead atoms. The highest BCUT2D eigenvalue weighted by atomic mass is 32.2. The van der Waals surface area contributed by atoms with Crippen LogP contribution in [0.15, 0.2) is 60.0 Å². The molecule has 1 fully saturated rings. The van der Waals surface area contributed by atoms with Gasteiger partial charge < -0.3 is 5.32 Å². The Bertz CT molecular complexity index is 1310. The third-order valence-corrected chi connectivity index (χ3v) is 8.30. The zero-order valence-electron chi connectivity index (χ0n) is 16.9. The standard InChI is InChI=1S/C21H21N3O6S2/c1-2-11-22-31(27,28)13-14-3-6-16(7-4-14)23-20(25)15-5-10-18-19(12-15)32(29,30)24(21(18)26)17-8-9-17/h2-7,10,12,17,22H,1,8-9,11,13H2,(H,23,25). The van der Waals surface area contributed by atoms with Crippen LogP contribution in [0.4, 0.5) is 5.69 Å². The van der Waals surface area contributed by atoms with Crippen LogP contribution in [0.3, 0.4) is 0 Å². The van der Waals surface area contributed by atoms with Crippen molar-refractivity contribution in [2.45, 2.75) is 29.5 Å². The maximum Gasteiger partial charge on any atom is 0.269 e. The maximum atomic E-state index is 12.7. The van der Waals surface area contributed by atoms with Crippen LogP contribution in [0.25, 0.3) is 0 Å². The van der Waals surface area contributed by atoms with Gasteiger partial charge in [0.05, 0.1) is 11.3 Å². The average Bonchev–Trinajstić information content (AvgIpc) is 3.55. The Morgan fingerprint density at radius 1 is 1.16 bits per heavy atom. The summed E-state index contributed by atoms with van der Waals surface area (Å²) in [5.74, 6) is -1.32. The number of nitrogens with zero attached hydrogens (tertiary/aromatic N) is 1. The summed E-state index contributed by atoms with van der Waals surface area (Å²) in [7, 11) is -7.46. The molecule has 11 heteroatoms. The predicted octanol–water partition coefficient (Wildman–Crippen LogP) is 1.85. The van der Waals surface area contributed by atoms with Gasteiger partial charge in [0.15, 0.2) is 0 Å². The largest absolute Gasteiger partial charge is 0.322 e. The molecule has 1 heterocycles. The number of sulfonamides is 2. The highest BCUT2D eigenvalue weighted by molar-refractivity contribution is 7.90. The summed E-state index contributed by atoms with van der Waals surface area (Å²) in [5.41, 5.74) is 1.11. The van der Waals surface area contributed by atoms with E-state index in [4.69, 9.17) is 0 Å². The van der Waals surface area contributed by atoms with Crippen LogP contribution in [0.5, 0.6) is 0 Å². The Balaban J connectivity index is 1.48. The fraction of sp³-hybridized carbons (Fsp3) is 0.238. The first-order valence-corrected chi connectivity index (χ1v) is 12.9. The van der Waals surface area contributed by atoms with E-state index in [1.165, 1.54) is 24.3 Å². The van der Waals surface area contributed by atoms with Crippen molar-refractivity contribution in [3.8, 4) is 0 Å². The molecule has 9 nitrogen and oxygen atoms in total. The summed E-state index contributed by atoms with van der Waals surface area (Å²) < 4.78 is 52.6. The van der Waals surface area contributed by atoms with Crippen LogP contribution >= 0.6 is 0 Å². The molecule has 168 valence electrons. The van der Waals surface area contributed by atoms with Gasteiger partial charge in [0.1, 0.15) is 4.90 Å². The predicted molar refractivity (Wildman–Crippen MR) is 118 cm³/mol. The van der Waals surface area contributed by atoms with E-state index < -0.39 is 31.9 Å². The first-order chi connectivity index (χ1) is 15.1. The molecule has 0 saturated heterocycles. The lowest BCUT2D eigenvalue weighted by molar-refractivity contribution is 0.0864. The van der Waals surface area contributed by atoms with Crippen molar-refractivity contribution >= 4 is 37.5 Å². The number of rotatable bonds is 8. The Morgan fingerprint density at radius 3 is 2.47 bits per heavy atom. The first-order valence-electron chi connectivity index (χ1n) is 9.84. The fourth-order valence-corrected chi connectivity index (χ4v) is 6.35. The molecule has 0 spiro atoms. The third kappa shape index (κ3) is 4.31. The second-order valence-electron chi connectivity index (χ2n) is 7.60. The molecule has 4 rings (SSSR count). The van der Waals surface area contributed by atoms with Gasteiger partial charge in [0.25, 0.3) is 21.8 Å². The Morgan fingerprint density at radius 2 is 1.84 bits per heavy atom. The molecule has 2 aromatic rings. The number of amides is 2. The summed E-state index contributed by atoms with van der Waals surface area (Å²) >= 11 is 0. The maximum absolute atomic E-state index is 12.7. The Labute approximate surface area is 186 Å². The summed E-state index contributed by atoms with van der Waals surface area (Å²) in [6.07, 6.45) is 2.74. The van der Waals surface area contributed by atoms with Crippen molar-refractivity contribution in [3.63, 3.8) is 0 Å². The Kier molecular flexibility index (Phi) is 5.65. The van der Waals surface area contributed by atoms with Crippen LogP contribution in [-0.4, -0.2) is 45.5 Å². The molecule has 32 heavy (non-hydrogen) atoms. The number of hydrogen-bond donors (Lipinski definition) is 2. The lowest BCUT2D eigenvalue weighted by Gasteiger charge is -2.13. The van der Waals surface area contributed by atoms with Crippen LogP contribution in [0.1, 0.15) is 39.1 Å². The number of anilines is 1. The van der Waals surface area contributed by atoms with Gasteiger partial charge in [-0.2, -0.15) is 0 Å². The lowest BCUT2D eigenvalue weighted by Crippen LogP contribution is -2.31. The molecule has 1 aliphatic carbocycles. The van der Waals surface area contributed by atoms with Gasteiger partial charge in [0, 0.05) is 23.8 Å². The van der Waals surface area contributed by atoms with E-state index >= 15 is 0 Å². The minimum atomic E-state index is -3.96. The average molecular weight is 476 g/mol. The van der Waals surface area contributed by atoms with Crippen molar-refractivity contribution in [3.05, 3.63) is 71.8 Å². The normalized spacial score (nSPS) is 17.1. The quantitative estimate of drug-likeness (QED) is 0.561. The van der Waals surface area contributed by atoms with E-state index in [1.807, 2.05) is 0 Å². The fourth-order valence-electron chi connectivity index (χ4n) is 3.40. The summed E-state index contributed by atoms with van der Waals surface area (Å²) in [6, 6.07) is 9.93. The van der Waals surface area contributed by atoms with Crippen molar-refractivity contribution in [1.29, 1.82) is 0 Å². The monoisotopic (exact) mass is 475 g/mol. The van der Waals surface area contributed by atoms with E-state index in [0.29, 0.717) is 24.1 Å². The van der Waals surface area contributed by atoms with Crippen LogP contribution in [-0.2, 0) is 25.8 Å². The molecule has 1 saturated carbocycles. The van der Waals surface area contributed by atoms with Crippen LogP contribution < -0.4 is 10.0 Å². The summed E-state index contributed by atoms with van der Waals surface area (Å²) in [6.45, 7) is 3.60. The SMILES string of the molecule is C=CCNS(=O)(=O)Cc1ccc(NC(=O)c2ccc3c(c2)S(=O)(=O)N(C2CC2)C3=O)cc1. The van der Waals surface area contributed by atoms with E-state index in [2.05, 4.69) is 16.6 Å². The summed E-state index contributed by atoms with van der Waals surface area (Å²) in [5, 5.41) is 2.65. The molecule has 0 radical (unpaired) electrons. The number of carbonyl (C=O) groups excluding carboxylic acids is 2. The second kappa shape index (κ2) is 8.15. The molecule has 0 atom stereocenters. The minimum Gasteiger partial charge on any atom is -0.322 e. The molecule has 2 aromatic carbocycles. The molecule has 1 aliphatic heterocycles. The van der Waals surface area contributed by atoms with E-state index in [0.717, 1.165) is 4.31 Å². The van der Waals surface area contributed by atoms with Gasteiger partial charge >= 0.3 is 0 Å². The highest BCUT2D eigenvalue weighted by Gasteiger charge is 2.48. The molecule has 2 amide bonds. The minimum absolute atomic E-state index is 0.0732. The number of nitrogens with one attached hydrogen (secondary N) is 2. The van der Waals surface area contributed by atoms with Gasteiger partial charge in [-0.25, -0.2) is 25.9 Å². The first kappa shape index (κ1) is 22.2. The van der Waals surface area contributed by atoms with Crippen molar-refractivity contribution < 1.29 is 26.4 Å². The van der Waals surface area contributed by atoms with Crippen molar-refractivity contribution in [1.82, 2.24) is 9.03 Å². The van der Waals surface area contributed by atoms with Crippen molar-refractivity contribution in [2.75, 3.05) is 11.9 Å². The van der Waals surface area contributed by atoms with Gasteiger partial charge in [0.2, 0.25) is 10.0 Å². The molecular formula is C21H21N3O6S2. The van der Waals surface area contributed by atoms with Gasteiger partial charge in [-0.1, -0.05) is 18.2 Å². The molecule has 0 aromatic heterocycles. The zero-order chi connectivity index (χ0) is 23.1. The van der Waals surface area contributed by atoms with Gasteiger partial charge in [-0.05, 0) is 48.7 Å². The summed E-state index contributed by atoms with van der Waals surface area (Å²) in [4.78, 5) is 24.9. The molecular weight excluding hydrogens is 454 g/mol. The van der Waals surface area contributed by atoms with Crippen LogP contribution in [0.2, 0.25) is 0 Å². The van der Waals surface area contributed by atoms with Crippen molar-refractivity contribution in [2.24, 2.45) is 0 Å². The number of fused-ring (bicyclic) bond motifs is 1. The smallest absolute Gasteiger partial charge is 0.269 e. The molecule has 0 unspecified atom stereocenters. The van der Waals surface area contributed by atoms with E-state index in [-0.39, 0.29) is 34.4 Å². The molecule has 2 aliphatic rings. The highest BCUT2D eigenvalue weighted by Crippen LogP contribution is 2.39. The zero-order valence-corrected chi connectivity index (χ0v) is 18.6. The number of hydrogen-bond acceptors (Lipinski definition) is 6. The Hall–Kier alpha value is -3.02. The van der Waals surface area contributed by atoms with Crippen LogP contribution in [0, 0.1) is 0 Å². The lowest BCUT2D eigenvalue weighted by atomic mass is 10.1. The third-order valence-electron chi connectivity index (χ3n) is 5.11. The van der Waals surface area contributed by atoms with E-state index in [1.54, 1.807) is 24.3 Å². The van der Waals surface area contributed by atoms with Gasteiger partial charge in [-0.3, -0.25) is 9.59 Å². The second-order valence-corrected chi connectivity index (χ2v) is 11.2. The number of carbonyl (C=O) groups is 2. The topological polar surface area (TPSA) is 130 Å².